The van der Waals surface area contributed by atoms with Gasteiger partial charge in [0.25, 0.3) is 0 Å². The molecule has 0 heterocycles. The number of nitrogens with two attached hydrogens (primary N) is 1. The van der Waals surface area contributed by atoms with Crippen LogP contribution in [0.4, 0.5) is 10.1 Å². The van der Waals surface area contributed by atoms with E-state index in [1.54, 1.807) is 12.1 Å². The van der Waals surface area contributed by atoms with Crippen molar-refractivity contribution in [2.75, 3.05) is 19.0 Å². The van der Waals surface area contributed by atoms with E-state index in [0.29, 0.717) is 13.0 Å². The second-order valence-corrected chi connectivity index (χ2v) is 2.91. The van der Waals surface area contributed by atoms with Gasteiger partial charge in [0, 0.05) is 12.1 Å². The fourth-order valence-corrected chi connectivity index (χ4v) is 0.983. The summed E-state index contributed by atoms with van der Waals surface area (Å²) in [7, 11) is 0. The molecular weight excluding hydrogens is 169 g/mol. The van der Waals surface area contributed by atoms with Gasteiger partial charge in [0.05, 0.1) is 13.3 Å². The normalized spacial score (nSPS) is 10.0. The van der Waals surface area contributed by atoms with Crippen molar-refractivity contribution in [2.45, 2.75) is 13.3 Å². The molecule has 0 saturated carbocycles. The van der Waals surface area contributed by atoms with Crippen LogP contribution in [0.2, 0.25) is 0 Å². The lowest BCUT2D eigenvalue weighted by molar-refractivity contribution is 0.289. The van der Waals surface area contributed by atoms with Crippen LogP contribution >= 0.6 is 0 Å². The Kier molecular flexibility index (Phi) is 3.55. The zero-order valence-electron chi connectivity index (χ0n) is 7.72. The summed E-state index contributed by atoms with van der Waals surface area (Å²) < 4.78 is 17.0. The number of hydrogen-bond acceptors (Lipinski definition) is 2. The molecule has 0 aromatic heterocycles. The average molecular weight is 183 g/mol. The van der Waals surface area contributed by atoms with Crippen LogP contribution in [0.15, 0.2) is 18.2 Å². The number of rotatable bonds is 4. The summed E-state index contributed by atoms with van der Waals surface area (Å²) >= 11 is 0. The molecule has 0 unspecified atom stereocenters. The van der Waals surface area contributed by atoms with Gasteiger partial charge >= 0.3 is 0 Å². The topological polar surface area (TPSA) is 35.2 Å². The third-order valence-electron chi connectivity index (χ3n) is 1.79. The minimum absolute atomic E-state index is 0.339. The molecule has 1 aromatic rings. The Hall–Kier alpha value is -1.25. The molecular formula is C10H14FNO. The molecule has 0 amide bonds. The monoisotopic (exact) mass is 183 g/mol. The number of nitrogen functional groups attached to an aromatic ring is 1. The Bertz CT molecular complexity index is 276. The van der Waals surface area contributed by atoms with Crippen molar-refractivity contribution >= 4 is 5.69 Å². The summed E-state index contributed by atoms with van der Waals surface area (Å²) in [5.74, 6) is 0.750. The Labute approximate surface area is 77.5 Å². The number of ether oxygens (including phenoxy) is 1. The van der Waals surface area contributed by atoms with Gasteiger partial charge in [0.1, 0.15) is 5.75 Å². The van der Waals surface area contributed by atoms with Crippen LogP contribution in [0.3, 0.4) is 0 Å². The van der Waals surface area contributed by atoms with Crippen molar-refractivity contribution in [3.8, 4) is 5.75 Å². The fraction of sp³-hybridized carbons (Fsp3) is 0.400. The van der Waals surface area contributed by atoms with Crippen molar-refractivity contribution in [1.29, 1.82) is 0 Å². The summed E-state index contributed by atoms with van der Waals surface area (Å²) in [6, 6.07) is 5.44. The molecule has 0 aliphatic heterocycles. The standard InChI is InChI=1S/C10H14FNO/c1-8-7-9(3-4-10(8)12)13-6-2-5-11/h3-4,7H,2,5-6,12H2,1H3. The van der Waals surface area contributed by atoms with Gasteiger partial charge in [-0.05, 0) is 30.7 Å². The minimum atomic E-state index is -0.339. The van der Waals surface area contributed by atoms with Crippen LogP contribution in [-0.2, 0) is 0 Å². The average Bonchev–Trinajstić information content (AvgIpc) is 2.12. The molecule has 0 spiro atoms. The van der Waals surface area contributed by atoms with Gasteiger partial charge in [-0.3, -0.25) is 4.39 Å². The first-order valence-electron chi connectivity index (χ1n) is 4.29. The van der Waals surface area contributed by atoms with Gasteiger partial charge < -0.3 is 10.5 Å². The first-order valence-corrected chi connectivity index (χ1v) is 4.29. The van der Waals surface area contributed by atoms with E-state index >= 15 is 0 Å². The summed E-state index contributed by atoms with van der Waals surface area (Å²) in [6.07, 6.45) is 0.434. The molecule has 0 aliphatic carbocycles. The van der Waals surface area contributed by atoms with Crippen LogP contribution in [0.25, 0.3) is 0 Å². The van der Waals surface area contributed by atoms with Gasteiger partial charge in [0.2, 0.25) is 0 Å². The fourth-order valence-electron chi connectivity index (χ4n) is 0.983. The molecule has 2 N–H and O–H groups in total. The lowest BCUT2D eigenvalue weighted by Gasteiger charge is -2.06. The molecule has 1 rings (SSSR count). The van der Waals surface area contributed by atoms with Gasteiger partial charge in [-0.1, -0.05) is 0 Å². The molecule has 0 saturated heterocycles. The second kappa shape index (κ2) is 4.70. The quantitative estimate of drug-likeness (QED) is 0.574. The second-order valence-electron chi connectivity index (χ2n) is 2.91. The Balaban J connectivity index is 2.53. The molecule has 0 aliphatic rings. The summed E-state index contributed by atoms with van der Waals surface area (Å²) in [4.78, 5) is 0. The lowest BCUT2D eigenvalue weighted by Crippen LogP contribution is -1.99. The van der Waals surface area contributed by atoms with Crippen molar-refractivity contribution in [2.24, 2.45) is 0 Å². The molecule has 0 radical (unpaired) electrons. The molecule has 0 fully saturated rings. The van der Waals surface area contributed by atoms with Gasteiger partial charge in [-0.2, -0.15) is 0 Å². The highest BCUT2D eigenvalue weighted by Gasteiger charge is 1.96. The highest BCUT2D eigenvalue weighted by Crippen LogP contribution is 2.18. The zero-order valence-corrected chi connectivity index (χ0v) is 7.72. The highest BCUT2D eigenvalue weighted by atomic mass is 19.1. The molecule has 13 heavy (non-hydrogen) atoms. The number of hydrogen-bond donors (Lipinski definition) is 1. The van der Waals surface area contributed by atoms with E-state index in [-0.39, 0.29) is 6.67 Å². The van der Waals surface area contributed by atoms with E-state index in [2.05, 4.69) is 0 Å². The molecule has 3 heteroatoms. The Morgan fingerprint density at radius 1 is 1.46 bits per heavy atom. The van der Waals surface area contributed by atoms with Crippen LogP contribution < -0.4 is 10.5 Å². The first kappa shape index (κ1) is 9.84. The van der Waals surface area contributed by atoms with Crippen LogP contribution in [-0.4, -0.2) is 13.3 Å². The predicted octanol–water partition coefficient (Wildman–Crippen LogP) is 2.32. The SMILES string of the molecule is Cc1cc(OCCCF)ccc1N. The van der Waals surface area contributed by atoms with Gasteiger partial charge in [-0.25, -0.2) is 0 Å². The molecule has 2 nitrogen and oxygen atoms in total. The minimum Gasteiger partial charge on any atom is -0.493 e. The number of benzene rings is 1. The largest absolute Gasteiger partial charge is 0.493 e. The maximum atomic E-state index is 11.7. The summed E-state index contributed by atoms with van der Waals surface area (Å²) in [5.41, 5.74) is 7.36. The summed E-state index contributed by atoms with van der Waals surface area (Å²) in [6.45, 7) is 1.99. The van der Waals surface area contributed by atoms with E-state index in [1.807, 2.05) is 13.0 Å². The predicted molar refractivity (Wildman–Crippen MR) is 51.7 cm³/mol. The van der Waals surface area contributed by atoms with Crippen LogP contribution in [0, 0.1) is 6.92 Å². The number of aryl methyl sites for hydroxylation is 1. The lowest BCUT2D eigenvalue weighted by atomic mass is 10.2. The van der Waals surface area contributed by atoms with E-state index in [9.17, 15) is 4.39 Å². The van der Waals surface area contributed by atoms with Gasteiger partial charge in [0.15, 0.2) is 0 Å². The van der Waals surface area contributed by atoms with E-state index in [1.165, 1.54) is 0 Å². The van der Waals surface area contributed by atoms with Crippen molar-refractivity contribution in [3.05, 3.63) is 23.8 Å². The Morgan fingerprint density at radius 3 is 2.85 bits per heavy atom. The highest BCUT2D eigenvalue weighted by molar-refractivity contribution is 5.49. The van der Waals surface area contributed by atoms with E-state index in [0.717, 1.165) is 17.0 Å². The molecule has 1 aromatic carbocycles. The van der Waals surface area contributed by atoms with E-state index in [4.69, 9.17) is 10.5 Å². The number of halogens is 1. The maximum absolute atomic E-state index is 11.7. The van der Waals surface area contributed by atoms with E-state index < -0.39 is 0 Å². The zero-order chi connectivity index (χ0) is 9.68. The third kappa shape index (κ3) is 2.93. The summed E-state index contributed by atoms with van der Waals surface area (Å²) in [5, 5.41) is 0. The third-order valence-corrected chi connectivity index (χ3v) is 1.79. The van der Waals surface area contributed by atoms with Crippen molar-refractivity contribution in [3.63, 3.8) is 0 Å². The molecule has 0 bridgehead atoms. The Morgan fingerprint density at radius 2 is 2.23 bits per heavy atom. The molecule has 72 valence electrons. The smallest absolute Gasteiger partial charge is 0.119 e. The van der Waals surface area contributed by atoms with Crippen molar-refractivity contribution in [1.82, 2.24) is 0 Å². The van der Waals surface area contributed by atoms with Gasteiger partial charge in [-0.15, -0.1) is 0 Å². The van der Waals surface area contributed by atoms with Crippen LogP contribution in [0.1, 0.15) is 12.0 Å². The molecule has 0 atom stereocenters. The number of alkyl halides is 1. The van der Waals surface area contributed by atoms with Crippen LogP contribution in [0.5, 0.6) is 5.75 Å². The maximum Gasteiger partial charge on any atom is 0.119 e. The first-order chi connectivity index (χ1) is 6.24. The number of anilines is 1. The van der Waals surface area contributed by atoms with Crippen molar-refractivity contribution < 1.29 is 9.13 Å².